The molecule has 2 heteroatoms. The van der Waals surface area contributed by atoms with Crippen molar-refractivity contribution in [2.45, 2.75) is 45.5 Å². The fraction of sp³-hybridized carbons (Fsp3) is 0.467. The van der Waals surface area contributed by atoms with Gasteiger partial charge in [-0.1, -0.05) is 30.0 Å². The molecule has 0 saturated carbocycles. The minimum atomic E-state index is -0.334. The summed E-state index contributed by atoms with van der Waals surface area (Å²) in [5.41, 5.74) is 0.992. The quantitative estimate of drug-likeness (QED) is 0.809. The van der Waals surface area contributed by atoms with Crippen molar-refractivity contribution in [1.29, 1.82) is 0 Å². The highest BCUT2D eigenvalue weighted by molar-refractivity contribution is 5.34. The Morgan fingerprint density at radius 2 is 1.82 bits per heavy atom. The van der Waals surface area contributed by atoms with Crippen LogP contribution < -0.4 is 0 Å². The molecule has 0 aromatic heterocycles. The van der Waals surface area contributed by atoms with Gasteiger partial charge in [0.05, 0.1) is 12.2 Å². The highest BCUT2D eigenvalue weighted by Gasteiger charge is 2.08. The van der Waals surface area contributed by atoms with Gasteiger partial charge in [-0.25, -0.2) is 0 Å². The molecule has 1 aromatic carbocycles. The number of benzene rings is 1. The number of hydrogen-bond acceptors (Lipinski definition) is 2. The SMILES string of the molecule is C[C@H](C#Cc1ccccc1)O[C@H](C)C[C@@H](C)O. The normalized spacial score (nSPS) is 15.5. The maximum absolute atomic E-state index is 9.23. The van der Waals surface area contributed by atoms with Gasteiger partial charge < -0.3 is 9.84 Å². The molecule has 0 radical (unpaired) electrons. The van der Waals surface area contributed by atoms with Crippen LogP contribution in [-0.4, -0.2) is 23.4 Å². The fourth-order valence-electron chi connectivity index (χ4n) is 1.62. The van der Waals surface area contributed by atoms with E-state index in [4.69, 9.17) is 4.74 Å². The monoisotopic (exact) mass is 232 g/mol. The van der Waals surface area contributed by atoms with Gasteiger partial charge in [0.15, 0.2) is 0 Å². The molecule has 0 aliphatic carbocycles. The van der Waals surface area contributed by atoms with Crippen molar-refractivity contribution < 1.29 is 9.84 Å². The molecule has 2 nitrogen and oxygen atoms in total. The summed E-state index contributed by atoms with van der Waals surface area (Å²) >= 11 is 0. The summed E-state index contributed by atoms with van der Waals surface area (Å²) in [6.45, 7) is 5.64. The molecule has 0 heterocycles. The van der Waals surface area contributed by atoms with Crippen molar-refractivity contribution in [2.24, 2.45) is 0 Å². The van der Waals surface area contributed by atoms with Gasteiger partial charge in [0.2, 0.25) is 0 Å². The summed E-state index contributed by atoms with van der Waals surface area (Å²) < 4.78 is 5.65. The molecule has 0 bridgehead atoms. The molecule has 0 spiro atoms. The number of aliphatic hydroxyl groups excluding tert-OH is 1. The van der Waals surface area contributed by atoms with Crippen LogP contribution in [0.3, 0.4) is 0 Å². The molecule has 0 saturated heterocycles. The summed E-state index contributed by atoms with van der Waals surface area (Å²) in [6.07, 6.45) is 0.204. The molecule has 0 amide bonds. The second-order valence-corrected chi connectivity index (χ2v) is 4.31. The summed E-state index contributed by atoms with van der Waals surface area (Å²) in [5.74, 6) is 6.11. The number of ether oxygens (including phenoxy) is 1. The Morgan fingerprint density at radius 3 is 2.41 bits per heavy atom. The van der Waals surface area contributed by atoms with E-state index >= 15 is 0 Å². The van der Waals surface area contributed by atoms with Crippen LogP contribution in [0.25, 0.3) is 0 Å². The smallest absolute Gasteiger partial charge is 0.116 e. The van der Waals surface area contributed by atoms with Crippen LogP contribution >= 0.6 is 0 Å². The van der Waals surface area contributed by atoms with Gasteiger partial charge in [-0.3, -0.25) is 0 Å². The molecule has 1 aromatic rings. The molecular formula is C15H20O2. The Morgan fingerprint density at radius 1 is 1.18 bits per heavy atom. The molecule has 17 heavy (non-hydrogen) atoms. The first-order valence-electron chi connectivity index (χ1n) is 5.98. The molecule has 0 aliphatic rings. The van der Waals surface area contributed by atoms with Gasteiger partial charge in [0, 0.05) is 5.56 Å². The third-order valence-corrected chi connectivity index (χ3v) is 2.30. The Kier molecular flexibility index (Phi) is 5.76. The zero-order valence-corrected chi connectivity index (χ0v) is 10.7. The summed E-state index contributed by atoms with van der Waals surface area (Å²) in [6, 6.07) is 9.84. The predicted molar refractivity (Wildman–Crippen MR) is 69.6 cm³/mol. The first kappa shape index (κ1) is 13.8. The lowest BCUT2D eigenvalue weighted by atomic mass is 10.2. The maximum Gasteiger partial charge on any atom is 0.116 e. The molecule has 1 N–H and O–H groups in total. The molecule has 0 unspecified atom stereocenters. The van der Waals surface area contributed by atoms with Gasteiger partial charge in [-0.05, 0) is 39.3 Å². The van der Waals surface area contributed by atoms with Gasteiger partial charge >= 0.3 is 0 Å². The van der Waals surface area contributed by atoms with Crippen molar-refractivity contribution in [2.75, 3.05) is 0 Å². The van der Waals surface area contributed by atoms with E-state index < -0.39 is 0 Å². The lowest BCUT2D eigenvalue weighted by Crippen LogP contribution is -2.20. The molecular weight excluding hydrogens is 212 g/mol. The van der Waals surface area contributed by atoms with Crippen LogP contribution in [0.2, 0.25) is 0 Å². The largest absolute Gasteiger partial charge is 0.393 e. The lowest BCUT2D eigenvalue weighted by Gasteiger charge is -2.16. The van der Waals surface area contributed by atoms with Crippen molar-refractivity contribution in [3.05, 3.63) is 35.9 Å². The minimum absolute atomic E-state index is 0.0232. The third-order valence-electron chi connectivity index (χ3n) is 2.30. The Labute approximate surface area is 104 Å². The zero-order valence-electron chi connectivity index (χ0n) is 10.7. The lowest BCUT2D eigenvalue weighted by molar-refractivity contribution is 0.00909. The predicted octanol–water partition coefficient (Wildman–Crippen LogP) is 2.60. The van der Waals surface area contributed by atoms with Crippen molar-refractivity contribution in [1.82, 2.24) is 0 Å². The van der Waals surface area contributed by atoms with Crippen LogP contribution in [0.4, 0.5) is 0 Å². The molecule has 92 valence electrons. The number of rotatable bonds is 4. The van der Waals surface area contributed by atoms with E-state index in [2.05, 4.69) is 11.8 Å². The highest BCUT2D eigenvalue weighted by atomic mass is 16.5. The van der Waals surface area contributed by atoms with Crippen LogP contribution in [-0.2, 0) is 4.74 Å². The van der Waals surface area contributed by atoms with E-state index in [1.165, 1.54) is 0 Å². The third kappa shape index (κ3) is 6.11. The van der Waals surface area contributed by atoms with E-state index in [-0.39, 0.29) is 18.3 Å². The van der Waals surface area contributed by atoms with Gasteiger partial charge in [-0.15, -0.1) is 0 Å². The summed E-state index contributed by atoms with van der Waals surface area (Å²) in [7, 11) is 0. The average Bonchev–Trinajstić information content (AvgIpc) is 2.26. The number of aliphatic hydroxyl groups is 1. The Balaban J connectivity index is 2.44. The summed E-state index contributed by atoms with van der Waals surface area (Å²) in [5, 5.41) is 9.23. The first-order chi connectivity index (χ1) is 8.08. The Bertz CT molecular complexity index is 373. The van der Waals surface area contributed by atoms with Crippen LogP contribution in [0.1, 0.15) is 32.8 Å². The topological polar surface area (TPSA) is 29.5 Å². The molecule has 0 aliphatic heterocycles. The van der Waals surface area contributed by atoms with Gasteiger partial charge in [-0.2, -0.15) is 0 Å². The van der Waals surface area contributed by atoms with Crippen LogP contribution in [0.15, 0.2) is 30.3 Å². The molecule has 0 fully saturated rings. The average molecular weight is 232 g/mol. The Hall–Kier alpha value is -1.30. The van der Waals surface area contributed by atoms with Crippen LogP contribution in [0.5, 0.6) is 0 Å². The highest BCUT2D eigenvalue weighted by Crippen LogP contribution is 2.05. The van der Waals surface area contributed by atoms with E-state index in [1.807, 2.05) is 44.2 Å². The number of hydrogen-bond donors (Lipinski definition) is 1. The van der Waals surface area contributed by atoms with Gasteiger partial charge in [0.1, 0.15) is 6.10 Å². The zero-order chi connectivity index (χ0) is 12.7. The second kappa shape index (κ2) is 7.11. The minimum Gasteiger partial charge on any atom is -0.393 e. The summed E-state index contributed by atoms with van der Waals surface area (Å²) in [4.78, 5) is 0. The maximum atomic E-state index is 9.23. The van der Waals surface area contributed by atoms with Gasteiger partial charge in [0.25, 0.3) is 0 Å². The van der Waals surface area contributed by atoms with E-state index in [9.17, 15) is 5.11 Å². The fourth-order valence-corrected chi connectivity index (χ4v) is 1.62. The van der Waals surface area contributed by atoms with Crippen molar-refractivity contribution in [3.63, 3.8) is 0 Å². The first-order valence-corrected chi connectivity index (χ1v) is 5.98. The van der Waals surface area contributed by atoms with Crippen LogP contribution in [0, 0.1) is 11.8 Å². The molecule has 3 atom stereocenters. The second-order valence-electron chi connectivity index (χ2n) is 4.31. The van der Waals surface area contributed by atoms with Crippen molar-refractivity contribution >= 4 is 0 Å². The van der Waals surface area contributed by atoms with E-state index in [0.29, 0.717) is 6.42 Å². The van der Waals surface area contributed by atoms with Crippen molar-refractivity contribution in [3.8, 4) is 11.8 Å². The molecule has 1 rings (SSSR count). The standard InChI is InChI=1S/C15H20O2/c1-12(16)11-14(3)17-13(2)9-10-15-7-5-4-6-8-15/h4-8,12-14,16H,11H2,1-3H3/t12-,13-,14-/m1/s1. The van der Waals surface area contributed by atoms with E-state index in [1.54, 1.807) is 6.92 Å². The van der Waals surface area contributed by atoms with E-state index in [0.717, 1.165) is 5.56 Å².